The van der Waals surface area contributed by atoms with E-state index in [-0.39, 0.29) is 6.54 Å². The Morgan fingerprint density at radius 3 is 2.24 bits per heavy atom. The lowest BCUT2D eigenvalue weighted by atomic mass is 10.2. The summed E-state index contributed by atoms with van der Waals surface area (Å²) in [5, 5.41) is 0. The number of nitrogens with zero attached hydrogens (tertiary/aromatic N) is 1. The fourth-order valence-corrected chi connectivity index (χ4v) is 2.72. The van der Waals surface area contributed by atoms with E-state index in [0.29, 0.717) is 26.3 Å². The van der Waals surface area contributed by atoms with Gasteiger partial charge in [0.2, 0.25) is 0 Å². The molecule has 1 rings (SSSR count). The van der Waals surface area contributed by atoms with Crippen LogP contribution in [0.1, 0.15) is 12.8 Å². The molecule has 0 aromatic heterocycles. The van der Waals surface area contributed by atoms with E-state index in [1.165, 1.54) is 0 Å². The zero-order chi connectivity index (χ0) is 19.3. The van der Waals surface area contributed by atoms with Gasteiger partial charge in [0.15, 0.2) is 0 Å². The van der Waals surface area contributed by atoms with E-state index >= 15 is 0 Å². The predicted molar refractivity (Wildman–Crippen MR) is 73.8 cm³/mol. The van der Waals surface area contributed by atoms with Crippen LogP contribution in [0.25, 0.3) is 0 Å². The van der Waals surface area contributed by atoms with Crippen molar-refractivity contribution in [3.8, 4) is 0 Å². The van der Waals surface area contributed by atoms with Crippen LogP contribution in [0, 0.1) is 0 Å². The van der Waals surface area contributed by atoms with E-state index in [4.69, 9.17) is 9.29 Å². The lowest BCUT2D eigenvalue weighted by Gasteiger charge is -2.29. The van der Waals surface area contributed by atoms with E-state index in [1.54, 1.807) is 4.90 Å². The van der Waals surface area contributed by atoms with Crippen molar-refractivity contribution < 1.29 is 49.2 Å². The van der Waals surface area contributed by atoms with Gasteiger partial charge >= 0.3 is 18.1 Å². The smallest absolute Gasteiger partial charge is 0.453 e. The van der Waals surface area contributed by atoms with Crippen LogP contribution in [0.2, 0.25) is 0 Å². The molecule has 0 aromatic carbocycles. The minimum atomic E-state index is -5.80. The Morgan fingerprint density at radius 2 is 1.76 bits per heavy atom. The molecule has 0 saturated carbocycles. The number of hydrogen-bond acceptors (Lipinski definition) is 6. The number of alkyl halides is 5. The number of morpholine rings is 1. The van der Waals surface area contributed by atoms with E-state index in [9.17, 15) is 35.2 Å². The number of carbonyl (C=O) groups excluding carboxylic acids is 1. The van der Waals surface area contributed by atoms with Gasteiger partial charge in [-0.3, -0.25) is 14.2 Å². The Morgan fingerprint density at radius 1 is 1.20 bits per heavy atom. The van der Waals surface area contributed by atoms with Crippen LogP contribution in [0.3, 0.4) is 0 Å². The van der Waals surface area contributed by atoms with Gasteiger partial charge in [0.1, 0.15) is 11.9 Å². The number of hydrogen-bond donors (Lipinski definition) is 1. The monoisotopic (exact) mass is 399 g/mol. The van der Waals surface area contributed by atoms with Crippen molar-refractivity contribution in [2.24, 2.45) is 0 Å². The SMILES string of the molecule is O=C(CCC(F)(F)C(F)(F)F)OC(CN1CCOCC1)CS(=O)(=O)O. The van der Waals surface area contributed by atoms with E-state index in [2.05, 4.69) is 4.74 Å². The summed E-state index contributed by atoms with van der Waals surface area (Å²) < 4.78 is 102. The molecule has 0 amide bonds. The van der Waals surface area contributed by atoms with Crippen LogP contribution in [0.4, 0.5) is 22.0 Å². The Labute approximate surface area is 140 Å². The molecule has 1 N–H and O–H groups in total. The Kier molecular flexibility index (Phi) is 7.53. The molecule has 1 unspecified atom stereocenters. The van der Waals surface area contributed by atoms with Crippen molar-refractivity contribution >= 4 is 16.1 Å². The first-order chi connectivity index (χ1) is 11.3. The topological polar surface area (TPSA) is 93.1 Å². The highest BCUT2D eigenvalue weighted by Crippen LogP contribution is 2.38. The quantitative estimate of drug-likeness (QED) is 0.371. The summed E-state index contributed by atoms with van der Waals surface area (Å²) in [4.78, 5) is 13.2. The van der Waals surface area contributed by atoms with Crippen LogP contribution < -0.4 is 0 Å². The van der Waals surface area contributed by atoms with Crippen molar-refractivity contribution in [2.45, 2.75) is 31.0 Å². The molecule has 1 heterocycles. The summed E-state index contributed by atoms with van der Waals surface area (Å²) >= 11 is 0. The van der Waals surface area contributed by atoms with Gasteiger partial charge < -0.3 is 9.47 Å². The van der Waals surface area contributed by atoms with Crippen LogP contribution >= 0.6 is 0 Å². The van der Waals surface area contributed by atoms with Gasteiger partial charge in [0.25, 0.3) is 10.1 Å². The van der Waals surface area contributed by atoms with Gasteiger partial charge in [-0.25, -0.2) is 0 Å². The maximum atomic E-state index is 12.8. The number of rotatable bonds is 8. The summed E-state index contributed by atoms with van der Waals surface area (Å²) in [6, 6.07) is 0. The Hall–Kier alpha value is -1.05. The highest BCUT2D eigenvalue weighted by Gasteiger charge is 2.57. The molecule has 0 radical (unpaired) electrons. The van der Waals surface area contributed by atoms with E-state index in [0.717, 1.165) is 0 Å². The second-order valence-electron chi connectivity index (χ2n) is 5.48. The second-order valence-corrected chi connectivity index (χ2v) is 6.97. The largest absolute Gasteiger partial charge is 0.460 e. The second kappa shape index (κ2) is 8.56. The molecule has 1 fully saturated rings. The summed E-state index contributed by atoms with van der Waals surface area (Å²) in [5.74, 6) is -7.47. The van der Waals surface area contributed by atoms with Crippen molar-refractivity contribution in [1.82, 2.24) is 4.90 Å². The third-order valence-electron chi connectivity index (χ3n) is 3.32. The van der Waals surface area contributed by atoms with Crippen molar-refractivity contribution in [1.29, 1.82) is 0 Å². The molecule has 0 aliphatic carbocycles. The first kappa shape index (κ1) is 22.0. The first-order valence-electron chi connectivity index (χ1n) is 7.19. The van der Waals surface area contributed by atoms with Gasteiger partial charge in [-0.15, -0.1) is 0 Å². The molecule has 1 atom stereocenters. The highest BCUT2D eigenvalue weighted by molar-refractivity contribution is 7.85. The zero-order valence-electron chi connectivity index (χ0n) is 13.0. The summed E-state index contributed by atoms with van der Waals surface area (Å²) in [6.45, 7) is 1.30. The van der Waals surface area contributed by atoms with Gasteiger partial charge in [0, 0.05) is 26.1 Å². The zero-order valence-corrected chi connectivity index (χ0v) is 13.8. The standard InChI is InChI=1S/C12H18F5NO6S/c13-11(14,12(15,16)17)2-1-10(19)24-9(8-25(20,21)22)7-18-3-5-23-6-4-18/h9H,1-8H2,(H,20,21,22). The van der Waals surface area contributed by atoms with Crippen molar-refractivity contribution in [3.05, 3.63) is 0 Å². The van der Waals surface area contributed by atoms with E-state index in [1.807, 2.05) is 0 Å². The first-order valence-corrected chi connectivity index (χ1v) is 8.80. The van der Waals surface area contributed by atoms with Gasteiger partial charge in [-0.1, -0.05) is 0 Å². The lowest BCUT2D eigenvalue weighted by molar-refractivity contribution is -0.284. The molecule has 1 saturated heterocycles. The van der Waals surface area contributed by atoms with Crippen molar-refractivity contribution in [2.75, 3.05) is 38.6 Å². The van der Waals surface area contributed by atoms with Gasteiger partial charge in [-0.05, 0) is 0 Å². The molecular formula is C12H18F5NO6S. The minimum Gasteiger partial charge on any atom is -0.460 e. The minimum absolute atomic E-state index is 0.134. The normalized spacial score (nSPS) is 18.8. The van der Waals surface area contributed by atoms with Gasteiger partial charge in [-0.2, -0.15) is 30.4 Å². The number of carbonyl (C=O) groups is 1. The average Bonchev–Trinajstić information content (AvgIpc) is 2.43. The molecule has 0 bridgehead atoms. The fraction of sp³-hybridized carbons (Fsp3) is 0.917. The highest BCUT2D eigenvalue weighted by atomic mass is 32.2. The fourth-order valence-electron chi connectivity index (χ4n) is 2.08. The molecule has 7 nitrogen and oxygen atoms in total. The Bertz CT molecular complexity index is 547. The molecule has 13 heteroatoms. The van der Waals surface area contributed by atoms with Crippen LogP contribution in [-0.4, -0.2) is 80.6 Å². The summed E-state index contributed by atoms with van der Waals surface area (Å²) in [7, 11) is -4.55. The number of halogens is 5. The van der Waals surface area contributed by atoms with Crippen LogP contribution in [-0.2, 0) is 24.4 Å². The third kappa shape index (κ3) is 8.25. The summed E-state index contributed by atoms with van der Waals surface area (Å²) in [5.41, 5.74) is 0. The predicted octanol–water partition coefficient (Wildman–Crippen LogP) is 1.10. The van der Waals surface area contributed by atoms with Crippen LogP contribution in [0.5, 0.6) is 0 Å². The van der Waals surface area contributed by atoms with Crippen LogP contribution in [0.15, 0.2) is 0 Å². The number of esters is 1. The molecule has 25 heavy (non-hydrogen) atoms. The average molecular weight is 399 g/mol. The molecule has 0 spiro atoms. The third-order valence-corrected chi connectivity index (χ3v) is 4.11. The Balaban J connectivity index is 2.61. The summed E-state index contributed by atoms with van der Waals surface area (Å²) in [6.07, 6.45) is -10.3. The molecule has 1 aliphatic heterocycles. The van der Waals surface area contributed by atoms with Gasteiger partial charge in [0.05, 0.1) is 19.6 Å². The lowest BCUT2D eigenvalue weighted by Crippen LogP contribution is -2.44. The molecule has 1 aliphatic rings. The molecular weight excluding hydrogens is 381 g/mol. The molecule has 0 aromatic rings. The maximum Gasteiger partial charge on any atom is 0.453 e. The maximum absolute atomic E-state index is 12.8. The van der Waals surface area contributed by atoms with Crippen molar-refractivity contribution in [3.63, 3.8) is 0 Å². The van der Waals surface area contributed by atoms with E-state index < -0.39 is 52.9 Å². The number of ether oxygens (including phenoxy) is 2. The molecule has 148 valence electrons.